The van der Waals surface area contributed by atoms with Crippen LogP contribution in [0, 0.1) is 6.92 Å². The lowest BCUT2D eigenvalue weighted by Gasteiger charge is -2.25. The highest BCUT2D eigenvalue weighted by molar-refractivity contribution is 5.82. The van der Waals surface area contributed by atoms with Gasteiger partial charge in [-0.2, -0.15) is 8.78 Å². The number of nitrogens with two attached hydrogens (primary N) is 1. The molecule has 0 aromatic heterocycles. The normalized spacial score (nSPS) is 11.6. The first-order chi connectivity index (χ1) is 7.87. The smallest absolute Gasteiger partial charge is 0.288 e. The minimum atomic E-state index is -3.63. The van der Waals surface area contributed by atoms with E-state index < -0.39 is 12.0 Å². The number of carbonyl (C=O) groups is 1. The zero-order chi connectivity index (χ0) is 13.1. The summed E-state index contributed by atoms with van der Waals surface area (Å²) in [6, 6.07) is 3.50. The van der Waals surface area contributed by atoms with Crippen molar-refractivity contribution in [1.82, 2.24) is 10.3 Å². The van der Waals surface area contributed by atoms with E-state index in [0.29, 0.717) is 10.5 Å². The van der Waals surface area contributed by atoms with Crippen LogP contribution in [-0.2, 0) is 11.3 Å². The molecule has 94 valence electrons. The molecule has 0 atom stereocenters. The van der Waals surface area contributed by atoms with E-state index in [2.05, 4.69) is 0 Å². The number of nitrogens with one attached hydrogen (secondary N) is 1. The van der Waals surface area contributed by atoms with Crippen molar-refractivity contribution in [3.63, 3.8) is 0 Å². The fourth-order valence-corrected chi connectivity index (χ4v) is 1.33. The summed E-state index contributed by atoms with van der Waals surface area (Å²) in [5.74, 6) is 3.18. The molecule has 0 fully saturated rings. The number of hydrogen-bond acceptors (Lipinski definition) is 3. The molecular formula is C11H15F2N3O. The number of nitrogens with zero attached hydrogens (tertiary/aromatic N) is 1. The Morgan fingerprint density at radius 2 is 1.94 bits per heavy atom. The zero-order valence-corrected chi connectivity index (χ0v) is 9.71. The molecule has 0 heterocycles. The van der Waals surface area contributed by atoms with Crippen molar-refractivity contribution in [2.45, 2.75) is 19.5 Å². The lowest BCUT2D eigenvalue weighted by molar-refractivity contribution is -0.176. The predicted octanol–water partition coefficient (Wildman–Crippen LogP) is 1.01. The Kier molecular flexibility index (Phi) is 4.14. The van der Waals surface area contributed by atoms with Gasteiger partial charge in [-0.3, -0.25) is 10.2 Å². The summed E-state index contributed by atoms with van der Waals surface area (Å²) in [5.41, 5.74) is 3.19. The molecule has 0 unspecified atom stereocenters. The molecule has 3 N–H and O–H groups in total. The molecule has 0 aliphatic rings. The number of likely N-dealkylation sites (N-methyl/N-ethyl adjacent to an activating group) is 1. The minimum Gasteiger partial charge on any atom is -0.288 e. The van der Waals surface area contributed by atoms with Gasteiger partial charge < -0.3 is 0 Å². The largest absolute Gasteiger partial charge is 0.385 e. The molecule has 0 radical (unpaired) electrons. The SMILES string of the molecule is Cc1ccc(CN(C)C(F)(F)C(=O)NN)cc1. The van der Waals surface area contributed by atoms with Gasteiger partial charge in [-0.15, -0.1) is 0 Å². The zero-order valence-electron chi connectivity index (χ0n) is 9.71. The third kappa shape index (κ3) is 3.21. The van der Waals surface area contributed by atoms with Gasteiger partial charge in [0.15, 0.2) is 0 Å². The molecule has 0 spiro atoms. The van der Waals surface area contributed by atoms with Crippen LogP contribution in [0.25, 0.3) is 0 Å². The quantitative estimate of drug-likeness (QED) is 0.359. The fourth-order valence-electron chi connectivity index (χ4n) is 1.33. The average Bonchev–Trinajstić information content (AvgIpc) is 2.30. The van der Waals surface area contributed by atoms with E-state index in [1.165, 1.54) is 5.43 Å². The lowest BCUT2D eigenvalue weighted by atomic mass is 10.1. The second-order valence-electron chi connectivity index (χ2n) is 3.86. The summed E-state index contributed by atoms with van der Waals surface area (Å²) >= 11 is 0. The van der Waals surface area contributed by atoms with E-state index >= 15 is 0 Å². The number of alkyl halides is 2. The van der Waals surface area contributed by atoms with Crippen molar-refractivity contribution in [2.75, 3.05) is 7.05 Å². The van der Waals surface area contributed by atoms with Crippen molar-refractivity contribution in [3.8, 4) is 0 Å². The van der Waals surface area contributed by atoms with Crippen LogP contribution in [0.4, 0.5) is 8.78 Å². The number of amides is 1. The highest BCUT2D eigenvalue weighted by atomic mass is 19.3. The van der Waals surface area contributed by atoms with Crippen LogP contribution in [-0.4, -0.2) is 23.9 Å². The van der Waals surface area contributed by atoms with Gasteiger partial charge in [-0.1, -0.05) is 29.8 Å². The second kappa shape index (κ2) is 5.20. The molecule has 0 saturated heterocycles. The Hall–Kier alpha value is -1.53. The van der Waals surface area contributed by atoms with Crippen LogP contribution in [0.1, 0.15) is 11.1 Å². The van der Waals surface area contributed by atoms with Crippen LogP contribution >= 0.6 is 0 Å². The van der Waals surface area contributed by atoms with E-state index in [1.54, 1.807) is 12.1 Å². The minimum absolute atomic E-state index is 0.0410. The van der Waals surface area contributed by atoms with E-state index in [-0.39, 0.29) is 6.54 Å². The third-order valence-corrected chi connectivity index (χ3v) is 2.42. The number of carbonyl (C=O) groups excluding carboxylic acids is 1. The van der Waals surface area contributed by atoms with Gasteiger partial charge in [0, 0.05) is 6.54 Å². The molecular weight excluding hydrogens is 228 g/mol. The first-order valence-corrected chi connectivity index (χ1v) is 5.03. The van der Waals surface area contributed by atoms with Gasteiger partial charge in [0.05, 0.1) is 0 Å². The number of benzene rings is 1. The van der Waals surface area contributed by atoms with Crippen LogP contribution in [0.3, 0.4) is 0 Å². The number of rotatable bonds is 4. The number of hydrazine groups is 1. The third-order valence-electron chi connectivity index (χ3n) is 2.42. The first kappa shape index (κ1) is 13.5. The second-order valence-corrected chi connectivity index (χ2v) is 3.86. The van der Waals surface area contributed by atoms with Crippen LogP contribution in [0.5, 0.6) is 0 Å². The van der Waals surface area contributed by atoms with E-state index in [0.717, 1.165) is 12.6 Å². The maximum Gasteiger partial charge on any atom is 0.385 e. The molecule has 1 rings (SSSR count). The summed E-state index contributed by atoms with van der Waals surface area (Å²) in [4.78, 5) is 11.5. The predicted molar refractivity (Wildman–Crippen MR) is 59.9 cm³/mol. The molecule has 1 aromatic rings. The van der Waals surface area contributed by atoms with Gasteiger partial charge in [0.25, 0.3) is 0 Å². The maximum absolute atomic E-state index is 13.4. The Labute approximate surface area is 98.4 Å². The Morgan fingerprint density at radius 3 is 2.41 bits per heavy atom. The monoisotopic (exact) mass is 243 g/mol. The standard InChI is InChI=1S/C11H15F2N3O/c1-8-3-5-9(6-4-8)7-16(2)11(12,13)10(17)15-14/h3-6H,7,14H2,1-2H3,(H,15,17). The summed E-state index contributed by atoms with van der Waals surface area (Å²) in [7, 11) is 1.16. The van der Waals surface area contributed by atoms with Crippen LogP contribution in [0.2, 0.25) is 0 Å². The molecule has 0 aliphatic carbocycles. The Morgan fingerprint density at radius 1 is 1.41 bits per heavy atom. The maximum atomic E-state index is 13.4. The summed E-state index contributed by atoms with van der Waals surface area (Å²) < 4.78 is 26.8. The molecule has 0 bridgehead atoms. The van der Waals surface area contributed by atoms with Crippen molar-refractivity contribution in [2.24, 2.45) is 5.84 Å². The molecule has 0 saturated carbocycles. The molecule has 1 amide bonds. The van der Waals surface area contributed by atoms with Gasteiger partial charge in [0.1, 0.15) is 0 Å². The lowest BCUT2D eigenvalue weighted by Crippen LogP contribution is -2.52. The van der Waals surface area contributed by atoms with E-state index in [9.17, 15) is 13.6 Å². The molecule has 4 nitrogen and oxygen atoms in total. The highest BCUT2D eigenvalue weighted by Gasteiger charge is 2.42. The van der Waals surface area contributed by atoms with Crippen molar-refractivity contribution >= 4 is 5.91 Å². The Bertz CT molecular complexity index is 392. The summed E-state index contributed by atoms with van der Waals surface area (Å²) in [5, 5.41) is 0. The van der Waals surface area contributed by atoms with Crippen molar-refractivity contribution < 1.29 is 13.6 Å². The van der Waals surface area contributed by atoms with Crippen LogP contribution < -0.4 is 11.3 Å². The van der Waals surface area contributed by atoms with E-state index in [4.69, 9.17) is 5.84 Å². The topological polar surface area (TPSA) is 58.4 Å². The summed E-state index contributed by atoms with van der Waals surface area (Å²) in [6.07, 6.45) is 0. The van der Waals surface area contributed by atoms with Crippen molar-refractivity contribution in [3.05, 3.63) is 35.4 Å². The van der Waals surface area contributed by atoms with Gasteiger partial charge in [-0.05, 0) is 19.5 Å². The number of aryl methyl sites for hydroxylation is 1. The first-order valence-electron chi connectivity index (χ1n) is 5.03. The number of hydrogen-bond donors (Lipinski definition) is 2. The van der Waals surface area contributed by atoms with Gasteiger partial charge in [0.2, 0.25) is 0 Å². The number of halogens is 2. The average molecular weight is 243 g/mol. The fraction of sp³-hybridized carbons (Fsp3) is 0.364. The molecule has 17 heavy (non-hydrogen) atoms. The van der Waals surface area contributed by atoms with Crippen molar-refractivity contribution in [1.29, 1.82) is 0 Å². The summed E-state index contributed by atoms with van der Waals surface area (Å²) in [6.45, 7) is 1.87. The molecule has 0 aliphatic heterocycles. The highest BCUT2D eigenvalue weighted by Crippen LogP contribution is 2.20. The van der Waals surface area contributed by atoms with Gasteiger partial charge in [-0.25, -0.2) is 10.7 Å². The van der Waals surface area contributed by atoms with Gasteiger partial charge >= 0.3 is 12.0 Å². The van der Waals surface area contributed by atoms with Crippen LogP contribution in [0.15, 0.2) is 24.3 Å². The Balaban J connectivity index is 2.75. The van der Waals surface area contributed by atoms with E-state index in [1.807, 2.05) is 19.1 Å². The molecule has 6 heteroatoms. The molecule has 1 aromatic carbocycles.